The highest BCUT2D eigenvalue weighted by Gasteiger charge is 2.06. The van der Waals surface area contributed by atoms with Gasteiger partial charge in [-0.25, -0.2) is 4.79 Å². The van der Waals surface area contributed by atoms with E-state index in [1.165, 1.54) is 134 Å². The largest absolute Gasteiger partial charge is 0.508 e. The Labute approximate surface area is 204 Å². The second-order valence-corrected chi connectivity index (χ2v) is 9.75. The molecular formula is C30H52O3. The van der Waals surface area contributed by atoms with Gasteiger partial charge in [-0.05, 0) is 30.7 Å². The second-order valence-electron chi connectivity index (χ2n) is 9.75. The molecule has 0 aliphatic heterocycles. The lowest BCUT2D eigenvalue weighted by molar-refractivity contribution is 0.0497. The molecule has 0 spiro atoms. The zero-order valence-corrected chi connectivity index (χ0v) is 21.6. The van der Waals surface area contributed by atoms with Crippen molar-refractivity contribution in [2.45, 2.75) is 142 Å². The molecule has 0 fully saturated rings. The monoisotopic (exact) mass is 460 g/mol. The minimum absolute atomic E-state index is 0.163. The van der Waals surface area contributed by atoms with Crippen molar-refractivity contribution >= 4 is 5.97 Å². The Morgan fingerprint density at radius 1 is 0.576 bits per heavy atom. The molecular weight excluding hydrogens is 408 g/mol. The Morgan fingerprint density at radius 2 is 0.909 bits per heavy atom. The molecule has 0 amide bonds. The van der Waals surface area contributed by atoms with Crippen molar-refractivity contribution in [2.24, 2.45) is 0 Å². The average molecular weight is 461 g/mol. The molecule has 1 rings (SSSR count). The summed E-state index contributed by atoms with van der Waals surface area (Å²) in [7, 11) is 0. The smallest absolute Gasteiger partial charge is 0.338 e. The van der Waals surface area contributed by atoms with Crippen LogP contribution in [0.25, 0.3) is 0 Å². The average Bonchev–Trinajstić information content (AvgIpc) is 2.82. The number of carbonyl (C=O) groups excluding carboxylic acids is 1. The first kappa shape index (κ1) is 29.5. The molecule has 33 heavy (non-hydrogen) atoms. The summed E-state index contributed by atoms with van der Waals surface area (Å²) in [4.78, 5) is 11.9. The number of aromatic hydroxyl groups is 1. The minimum Gasteiger partial charge on any atom is -0.508 e. The maximum atomic E-state index is 11.9. The molecule has 0 saturated heterocycles. The van der Waals surface area contributed by atoms with Crippen LogP contribution in [0.3, 0.4) is 0 Å². The molecule has 0 aliphatic rings. The predicted molar refractivity (Wildman–Crippen MR) is 141 cm³/mol. The Kier molecular flexibility index (Phi) is 19.9. The number of rotatable bonds is 23. The molecule has 1 N–H and O–H groups in total. The highest BCUT2D eigenvalue weighted by Crippen LogP contribution is 2.15. The number of hydrogen-bond donors (Lipinski definition) is 1. The Hall–Kier alpha value is -1.51. The van der Waals surface area contributed by atoms with Crippen LogP contribution in [0.2, 0.25) is 0 Å². The third-order valence-corrected chi connectivity index (χ3v) is 6.58. The number of carbonyl (C=O) groups is 1. The van der Waals surface area contributed by atoms with Gasteiger partial charge in [-0.15, -0.1) is 0 Å². The summed E-state index contributed by atoms with van der Waals surface area (Å²) in [6.45, 7) is 2.77. The van der Waals surface area contributed by atoms with E-state index in [-0.39, 0.29) is 11.7 Å². The fourth-order valence-electron chi connectivity index (χ4n) is 4.38. The van der Waals surface area contributed by atoms with Crippen LogP contribution >= 0.6 is 0 Å². The molecule has 1 aromatic rings. The fourth-order valence-corrected chi connectivity index (χ4v) is 4.38. The highest BCUT2D eigenvalue weighted by atomic mass is 16.5. The summed E-state index contributed by atoms with van der Waals surface area (Å²) < 4.78 is 5.29. The first-order valence-corrected chi connectivity index (χ1v) is 14.2. The number of phenols is 1. The lowest BCUT2D eigenvalue weighted by atomic mass is 10.0. The standard InChI is InChI=1S/C30H52O3/c1-2-3-4-5-6-7-8-9-10-11-12-13-14-15-16-17-18-19-20-21-22-27-33-30(32)28-23-25-29(31)26-24-28/h23-26,31H,2-22,27H2,1H3. The number of benzene rings is 1. The molecule has 0 bridgehead atoms. The molecule has 0 aliphatic carbocycles. The number of unbranched alkanes of at least 4 members (excludes halogenated alkanes) is 20. The summed E-state index contributed by atoms with van der Waals surface area (Å²) in [5.74, 6) is -0.140. The summed E-state index contributed by atoms with van der Waals surface area (Å²) in [5, 5.41) is 9.25. The second kappa shape index (κ2) is 22.3. The highest BCUT2D eigenvalue weighted by molar-refractivity contribution is 5.89. The number of ether oxygens (including phenoxy) is 1. The zero-order valence-electron chi connectivity index (χ0n) is 21.6. The van der Waals surface area contributed by atoms with E-state index in [4.69, 9.17) is 4.74 Å². The van der Waals surface area contributed by atoms with Crippen molar-refractivity contribution in [3.05, 3.63) is 29.8 Å². The van der Waals surface area contributed by atoms with Gasteiger partial charge >= 0.3 is 5.97 Å². The quantitative estimate of drug-likeness (QED) is 0.130. The number of phenolic OH excluding ortho intramolecular Hbond substituents is 1. The van der Waals surface area contributed by atoms with E-state index in [0.717, 1.165) is 12.8 Å². The van der Waals surface area contributed by atoms with Gasteiger partial charge in [0, 0.05) is 0 Å². The Morgan fingerprint density at radius 3 is 1.27 bits per heavy atom. The minimum atomic E-state index is -0.303. The maximum Gasteiger partial charge on any atom is 0.338 e. The van der Waals surface area contributed by atoms with Gasteiger partial charge in [-0.3, -0.25) is 0 Å². The van der Waals surface area contributed by atoms with E-state index in [1.807, 2.05) is 0 Å². The lowest BCUT2D eigenvalue weighted by Crippen LogP contribution is -2.06. The van der Waals surface area contributed by atoms with Crippen LogP contribution < -0.4 is 0 Å². The van der Waals surface area contributed by atoms with Crippen LogP contribution in [0.15, 0.2) is 24.3 Å². The van der Waals surface area contributed by atoms with E-state index >= 15 is 0 Å². The molecule has 0 saturated carbocycles. The van der Waals surface area contributed by atoms with Gasteiger partial charge in [0.25, 0.3) is 0 Å². The third-order valence-electron chi connectivity index (χ3n) is 6.58. The van der Waals surface area contributed by atoms with Crippen molar-refractivity contribution in [1.29, 1.82) is 0 Å². The van der Waals surface area contributed by atoms with E-state index in [2.05, 4.69) is 6.92 Å². The first-order chi connectivity index (χ1) is 16.2. The summed E-state index contributed by atoms with van der Waals surface area (Å²) >= 11 is 0. The summed E-state index contributed by atoms with van der Waals surface area (Å²) in [5.41, 5.74) is 0.497. The lowest BCUT2D eigenvalue weighted by Gasteiger charge is -2.05. The van der Waals surface area contributed by atoms with Crippen molar-refractivity contribution in [2.75, 3.05) is 6.61 Å². The van der Waals surface area contributed by atoms with Gasteiger partial charge in [-0.1, -0.05) is 135 Å². The van der Waals surface area contributed by atoms with Crippen LogP contribution in [0.1, 0.15) is 152 Å². The van der Waals surface area contributed by atoms with E-state index in [1.54, 1.807) is 12.1 Å². The van der Waals surface area contributed by atoms with Crippen molar-refractivity contribution in [1.82, 2.24) is 0 Å². The van der Waals surface area contributed by atoms with E-state index in [9.17, 15) is 9.90 Å². The van der Waals surface area contributed by atoms with E-state index in [0.29, 0.717) is 12.2 Å². The van der Waals surface area contributed by atoms with Crippen LogP contribution in [-0.2, 0) is 4.74 Å². The normalized spacial score (nSPS) is 11.1. The van der Waals surface area contributed by atoms with Crippen molar-refractivity contribution < 1.29 is 14.6 Å². The topological polar surface area (TPSA) is 46.5 Å². The van der Waals surface area contributed by atoms with Crippen LogP contribution in [0, 0.1) is 0 Å². The molecule has 1 aromatic carbocycles. The van der Waals surface area contributed by atoms with Crippen LogP contribution in [0.4, 0.5) is 0 Å². The van der Waals surface area contributed by atoms with Gasteiger partial charge in [0.15, 0.2) is 0 Å². The van der Waals surface area contributed by atoms with Crippen LogP contribution in [-0.4, -0.2) is 17.7 Å². The fraction of sp³-hybridized carbons (Fsp3) is 0.767. The van der Waals surface area contributed by atoms with Gasteiger partial charge in [-0.2, -0.15) is 0 Å². The molecule has 3 heteroatoms. The zero-order chi connectivity index (χ0) is 23.8. The molecule has 0 unspecified atom stereocenters. The maximum absolute atomic E-state index is 11.9. The van der Waals surface area contributed by atoms with Gasteiger partial charge in [0.2, 0.25) is 0 Å². The van der Waals surface area contributed by atoms with Crippen molar-refractivity contribution in [3.63, 3.8) is 0 Å². The SMILES string of the molecule is CCCCCCCCCCCCCCCCCCCCCCCOC(=O)c1ccc(O)cc1. The Balaban J connectivity index is 1.72. The molecule has 3 nitrogen and oxygen atoms in total. The molecule has 190 valence electrons. The Bertz CT molecular complexity index is 552. The summed E-state index contributed by atoms with van der Waals surface area (Å²) in [6.07, 6.45) is 28.8. The predicted octanol–water partition coefficient (Wildman–Crippen LogP) is 9.76. The van der Waals surface area contributed by atoms with Crippen molar-refractivity contribution in [3.8, 4) is 5.75 Å². The molecule has 0 atom stereocenters. The molecule has 0 heterocycles. The first-order valence-electron chi connectivity index (χ1n) is 14.2. The van der Waals surface area contributed by atoms with E-state index < -0.39 is 0 Å². The molecule has 0 aromatic heterocycles. The van der Waals surface area contributed by atoms with Gasteiger partial charge < -0.3 is 9.84 Å². The molecule has 0 radical (unpaired) electrons. The van der Waals surface area contributed by atoms with Gasteiger partial charge in [0.1, 0.15) is 5.75 Å². The van der Waals surface area contributed by atoms with Crippen LogP contribution in [0.5, 0.6) is 5.75 Å². The number of esters is 1. The van der Waals surface area contributed by atoms with Gasteiger partial charge in [0.05, 0.1) is 12.2 Å². The third kappa shape index (κ3) is 18.6. The summed E-state index contributed by atoms with van der Waals surface area (Å²) in [6, 6.07) is 6.20. The number of hydrogen-bond acceptors (Lipinski definition) is 3.